The highest BCUT2D eigenvalue weighted by molar-refractivity contribution is 7.80. The number of nitrogens with zero attached hydrogens (tertiary/aromatic N) is 2. The van der Waals surface area contributed by atoms with Crippen molar-refractivity contribution >= 4 is 34.5 Å². The molecule has 1 heterocycles. The molecule has 0 unspecified atom stereocenters. The number of hydrogen-bond donors (Lipinski definition) is 2. The first-order valence-electron chi connectivity index (χ1n) is 9.12. The van der Waals surface area contributed by atoms with Gasteiger partial charge in [-0.25, -0.2) is 0 Å². The van der Waals surface area contributed by atoms with Crippen LogP contribution in [0.25, 0.3) is 0 Å². The predicted octanol–water partition coefficient (Wildman–Crippen LogP) is 4.87. The third-order valence-electron chi connectivity index (χ3n) is 4.62. The van der Waals surface area contributed by atoms with Crippen molar-refractivity contribution < 1.29 is 4.79 Å². The first kappa shape index (κ1) is 19.8. The van der Waals surface area contributed by atoms with E-state index in [0.29, 0.717) is 17.2 Å². The highest BCUT2D eigenvalue weighted by Crippen LogP contribution is 2.21. The number of ketones is 1. The molecule has 0 radical (unpaired) electrons. The Labute approximate surface area is 170 Å². The summed E-state index contributed by atoms with van der Waals surface area (Å²) in [6.07, 6.45) is 0. The van der Waals surface area contributed by atoms with Crippen LogP contribution in [0.4, 0.5) is 11.4 Å². The van der Waals surface area contributed by atoms with Gasteiger partial charge in [0.15, 0.2) is 10.9 Å². The molecule has 2 aromatic carbocycles. The van der Waals surface area contributed by atoms with Gasteiger partial charge in [-0.05, 0) is 69.7 Å². The van der Waals surface area contributed by atoms with Crippen molar-refractivity contribution in [3.63, 3.8) is 0 Å². The second kappa shape index (κ2) is 8.35. The molecular formula is C22H24N4OS. The lowest BCUT2D eigenvalue weighted by Gasteiger charge is -2.11. The van der Waals surface area contributed by atoms with Crippen molar-refractivity contribution in [3.05, 3.63) is 76.6 Å². The Morgan fingerprint density at radius 1 is 1.00 bits per heavy atom. The number of anilines is 2. The molecule has 0 aliphatic rings. The fourth-order valence-electron chi connectivity index (χ4n) is 2.96. The predicted molar refractivity (Wildman–Crippen MR) is 118 cm³/mol. The normalized spacial score (nSPS) is 10.6. The lowest BCUT2D eigenvalue weighted by Crippen LogP contribution is -2.20. The van der Waals surface area contributed by atoms with E-state index in [0.717, 1.165) is 22.8 Å². The summed E-state index contributed by atoms with van der Waals surface area (Å²) in [5.41, 5.74) is 6.76. The minimum Gasteiger partial charge on any atom is -0.332 e. The van der Waals surface area contributed by atoms with E-state index in [-0.39, 0.29) is 5.78 Å². The zero-order valence-electron chi connectivity index (χ0n) is 16.5. The van der Waals surface area contributed by atoms with Crippen LogP contribution in [0.1, 0.15) is 39.8 Å². The molecule has 0 aliphatic carbocycles. The van der Waals surface area contributed by atoms with Crippen LogP contribution in [-0.4, -0.2) is 20.7 Å². The number of aryl methyl sites for hydroxylation is 2. The number of carbonyl (C=O) groups excluding carboxylic acids is 1. The van der Waals surface area contributed by atoms with Gasteiger partial charge in [0.25, 0.3) is 0 Å². The molecule has 6 heteroatoms. The molecule has 5 nitrogen and oxygen atoms in total. The lowest BCUT2D eigenvalue weighted by atomic mass is 10.1. The lowest BCUT2D eigenvalue weighted by molar-refractivity contribution is 0.101. The smallest absolute Gasteiger partial charge is 0.175 e. The summed E-state index contributed by atoms with van der Waals surface area (Å²) in [5, 5.41) is 11.5. The average Bonchev–Trinajstić information content (AvgIpc) is 2.91. The third kappa shape index (κ3) is 4.64. The van der Waals surface area contributed by atoms with Crippen LogP contribution in [0.5, 0.6) is 0 Å². The summed E-state index contributed by atoms with van der Waals surface area (Å²) in [5.74, 6) is 0.0412. The molecule has 28 heavy (non-hydrogen) atoms. The van der Waals surface area contributed by atoms with Gasteiger partial charge in [-0.3, -0.25) is 9.48 Å². The van der Waals surface area contributed by atoms with Crippen LogP contribution in [0.2, 0.25) is 0 Å². The van der Waals surface area contributed by atoms with Crippen LogP contribution in [0, 0.1) is 20.8 Å². The molecule has 0 saturated heterocycles. The Bertz CT molecular complexity index is 1000. The monoisotopic (exact) mass is 392 g/mol. The number of aromatic nitrogens is 2. The van der Waals surface area contributed by atoms with Crippen molar-refractivity contribution in [2.45, 2.75) is 34.2 Å². The van der Waals surface area contributed by atoms with E-state index >= 15 is 0 Å². The standard InChI is InChI=1S/C22H24N4OS/c1-14-5-7-18(8-6-14)13-26-16(3)21(15(2)25-26)24-22(28)23-20-11-9-19(10-12-20)17(4)27/h5-12H,13H2,1-4H3,(H2,23,24,28). The van der Waals surface area contributed by atoms with E-state index in [9.17, 15) is 4.79 Å². The number of rotatable bonds is 5. The van der Waals surface area contributed by atoms with Gasteiger partial charge >= 0.3 is 0 Å². The van der Waals surface area contributed by atoms with Gasteiger partial charge in [-0.15, -0.1) is 0 Å². The SMILES string of the molecule is CC(=O)c1ccc(NC(=S)Nc2c(C)nn(Cc3ccc(C)cc3)c2C)cc1. The van der Waals surface area contributed by atoms with E-state index < -0.39 is 0 Å². The Morgan fingerprint density at radius 2 is 1.64 bits per heavy atom. The zero-order valence-corrected chi connectivity index (χ0v) is 17.4. The fourth-order valence-corrected chi connectivity index (χ4v) is 3.18. The molecular weight excluding hydrogens is 368 g/mol. The van der Waals surface area contributed by atoms with Gasteiger partial charge in [0.1, 0.15) is 0 Å². The molecule has 0 aliphatic heterocycles. The minimum absolute atomic E-state index is 0.0412. The molecule has 2 N–H and O–H groups in total. The van der Waals surface area contributed by atoms with Crippen LogP contribution in [0.15, 0.2) is 48.5 Å². The van der Waals surface area contributed by atoms with E-state index in [1.54, 1.807) is 19.1 Å². The van der Waals surface area contributed by atoms with Gasteiger partial charge in [0.05, 0.1) is 23.6 Å². The van der Waals surface area contributed by atoms with Gasteiger partial charge in [-0.2, -0.15) is 5.10 Å². The molecule has 0 bridgehead atoms. The molecule has 1 aromatic heterocycles. The molecule has 3 aromatic rings. The van der Waals surface area contributed by atoms with Crippen LogP contribution in [-0.2, 0) is 6.54 Å². The number of hydrogen-bond acceptors (Lipinski definition) is 3. The maximum atomic E-state index is 11.4. The molecule has 0 fully saturated rings. The molecule has 0 saturated carbocycles. The topological polar surface area (TPSA) is 59.0 Å². The second-order valence-electron chi connectivity index (χ2n) is 6.90. The van der Waals surface area contributed by atoms with E-state index in [1.165, 1.54) is 11.1 Å². The Kier molecular flexibility index (Phi) is 5.90. The largest absolute Gasteiger partial charge is 0.332 e. The van der Waals surface area contributed by atoms with Gasteiger partial charge in [0.2, 0.25) is 0 Å². The first-order chi connectivity index (χ1) is 13.3. The summed E-state index contributed by atoms with van der Waals surface area (Å²) >= 11 is 5.45. The van der Waals surface area contributed by atoms with Crippen LogP contribution < -0.4 is 10.6 Å². The van der Waals surface area contributed by atoms with Crippen LogP contribution in [0.3, 0.4) is 0 Å². The summed E-state index contributed by atoms with van der Waals surface area (Å²) in [4.78, 5) is 11.4. The Balaban J connectivity index is 1.69. The summed E-state index contributed by atoms with van der Waals surface area (Å²) < 4.78 is 1.98. The highest BCUT2D eigenvalue weighted by Gasteiger charge is 2.13. The quantitative estimate of drug-likeness (QED) is 0.479. The Hall–Kier alpha value is -2.99. The molecule has 144 valence electrons. The molecule has 3 rings (SSSR count). The second-order valence-corrected chi connectivity index (χ2v) is 7.31. The Morgan fingerprint density at radius 3 is 2.25 bits per heavy atom. The molecule has 0 spiro atoms. The molecule has 0 amide bonds. The van der Waals surface area contributed by atoms with E-state index in [1.807, 2.05) is 30.7 Å². The van der Waals surface area contributed by atoms with Crippen molar-refractivity contribution in [2.24, 2.45) is 0 Å². The van der Waals surface area contributed by atoms with Crippen molar-refractivity contribution in [3.8, 4) is 0 Å². The van der Waals surface area contributed by atoms with Crippen molar-refractivity contribution in [1.82, 2.24) is 9.78 Å². The third-order valence-corrected chi connectivity index (χ3v) is 4.83. The number of thiocarbonyl (C=S) groups is 1. The minimum atomic E-state index is 0.0412. The van der Waals surface area contributed by atoms with E-state index in [2.05, 4.69) is 46.9 Å². The van der Waals surface area contributed by atoms with Gasteiger partial charge in [-0.1, -0.05) is 29.8 Å². The molecule has 0 atom stereocenters. The van der Waals surface area contributed by atoms with Gasteiger partial charge in [0, 0.05) is 11.3 Å². The van der Waals surface area contributed by atoms with Crippen molar-refractivity contribution in [2.75, 3.05) is 10.6 Å². The summed E-state index contributed by atoms with van der Waals surface area (Å²) in [7, 11) is 0. The number of benzene rings is 2. The van der Waals surface area contributed by atoms with Gasteiger partial charge < -0.3 is 10.6 Å². The summed E-state index contributed by atoms with van der Waals surface area (Å²) in [6.45, 7) is 8.33. The fraction of sp³-hybridized carbons (Fsp3) is 0.227. The summed E-state index contributed by atoms with van der Waals surface area (Å²) in [6, 6.07) is 15.7. The zero-order chi connectivity index (χ0) is 20.3. The average molecular weight is 393 g/mol. The van der Waals surface area contributed by atoms with E-state index in [4.69, 9.17) is 12.2 Å². The maximum absolute atomic E-state index is 11.4. The first-order valence-corrected chi connectivity index (χ1v) is 9.53. The van der Waals surface area contributed by atoms with Crippen molar-refractivity contribution in [1.29, 1.82) is 0 Å². The number of nitrogens with one attached hydrogen (secondary N) is 2. The number of carbonyl (C=O) groups is 1. The number of Topliss-reactive ketones (excluding diaryl/α,β-unsaturated/α-hetero) is 1. The van der Waals surface area contributed by atoms with Crippen LogP contribution >= 0.6 is 12.2 Å². The highest BCUT2D eigenvalue weighted by atomic mass is 32.1. The maximum Gasteiger partial charge on any atom is 0.175 e.